The highest BCUT2D eigenvalue weighted by atomic mass is 35.5. The molecule has 1 aromatic rings. The number of thiophene rings is 1. The number of hydrogen-bond donors (Lipinski definition) is 1. The first-order chi connectivity index (χ1) is 7.63. The molecule has 2 atom stereocenters. The maximum absolute atomic E-state index is 5.93. The molecule has 1 N–H and O–H groups in total. The quantitative estimate of drug-likeness (QED) is 0.732. The molecule has 1 rings (SSSR count). The summed E-state index contributed by atoms with van der Waals surface area (Å²) < 4.78 is 0.873. The summed E-state index contributed by atoms with van der Waals surface area (Å²) in [5.41, 5.74) is 1.30. The molecule has 2 unspecified atom stereocenters. The van der Waals surface area contributed by atoms with Crippen LogP contribution in [0.1, 0.15) is 38.8 Å². The van der Waals surface area contributed by atoms with E-state index in [0.717, 1.165) is 4.34 Å². The second-order valence-corrected chi connectivity index (χ2v) is 6.90. The average molecular weight is 278 g/mol. The predicted molar refractivity (Wildman–Crippen MR) is 78.0 cm³/mol. The van der Waals surface area contributed by atoms with Gasteiger partial charge in [-0.25, -0.2) is 0 Å². The Bertz CT molecular complexity index is 301. The zero-order valence-corrected chi connectivity index (χ0v) is 12.5. The molecule has 4 heteroatoms. The van der Waals surface area contributed by atoms with Crippen LogP contribution in [0.15, 0.2) is 11.4 Å². The van der Waals surface area contributed by atoms with Gasteiger partial charge in [0, 0.05) is 12.1 Å². The van der Waals surface area contributed by atoms with Crippen LogP contribution in [0.3, 0.4) is 0 Å². The first kappa shape index (κ1) is 14.4. The Hall–Kier alpha value is 0.300. The van der Waals surface area contributed by atoms with Crippen molar-refractivity contribution < 1.29 is 0 Å². The summed E-state index contributed by atoms with van der Waals surface area (Å²) in [6, 6.07) is 3.01. The number of nitrogens with one attached hydrogen (secondary N) is 1. The summed E-state index contributed by atoms with van der Waals surface area (Å²) in [6.07, 6.45) is 1.22. The summed E-state index contributed by atoms with van der Waals surface area (Å²) in [5, 5.41) is 5.74. The highest BCUT2D eigenvalue weighted by Crippen LogP contribution is 2.25. The van der Waals surface area contributed by atoms with E-state index in [1.54, 1.807) is 11.3 Å². The van der Waals surface area contributed by atoms with E-state index < -0.39 is 0 Å². The Balaban J connectivity index is 2.30. The Kier molecular flexibility index (Phi) is 6.81. The van der Waals surface area contributed by atoms with Gasteiger partial charge in [-0.1, -0.05) is 18.5 Å². The minimum absolute atomic E-state index is 0.394. The zero-order valence-electron chi connectivity index (χ0n) is 10.1. The van der Waals surface area contributed by atoms with E-state index in [2.05, 4.69) is 37.5 Å². The second-order valence-electron chi connectivity index (χ2n) is 3.96. The predicted octanol–water partition coefficient (Wildman–Crippen LogP) is 4.58. The molecule has 16 heavy (non-hydrogen) atoms. The van der Waals surface area contributed by atoms with E-state index in [9.17, 15) is 0 Å². The van der Waals surface area contributed by atoms with Crippen LogP contribution in [0.2, 0.25) is 4.34 Å². The summed E-state index contributed by atoms with van der Waals surface area (Å²) in [6.45, 7) is 6.65. The van der Waals surface area contributed by atoms with Gasteiger partial charge in [-0.05, 0) is 48.8 Å². The van der Waals surface area contributed by atoms with Crippen molar-refractivity contribution in [2.75, 3.05) is 11.5 Å². The number of halogens is 1. The Morgan fingerprint density at radius 3 is 2.81 bits per heavy atom. The Morgan fingerprint density at radius 1 is 1.50 bits per heavy atom. The van der Waals surface area contributed by atoms with Gasteiger partial charge in [-0.3, -0.25) is 0 Å². The molecule has 0 spiro atoms. The Morgan fingerprint density at radius 2 is 2.25 bits per heavy atom. The van der Waals surface area contributed by atoms with Crippen molar-refractivity contribution in [1.29, 1.82) is 0 Å². The van der Waals surface area contributed by atoms with Gasteiger partial charge >= 0.3 is 0 Å². The topological polar surface area (TPSA) is 12.0 Å². The normalized spacial score (nSPS) is 15.0. The van der Waals surface area contributed by atoms with Gasteiger partial charge in [0.15, 0.2) is 0 Å². The molecule has 0 aromatic carbocycles. The monoisotopic (exact) mass is 277 g/mol. The molecule has 0 aliphatic heterocycles. The van der Waals surface area contributed by atoms with Crippen molar-refractivity contribution >= 4 is 34.7 Å². The van der Waals surface area contributed by atoms with Gasteiger partial charge < -0.3 is 5.32 Å². The third-order valence-electron chi connectivity index (χ3n) is 2.52. The largest absolute Gasteiger partial charge is 0.308 e. The fourth-order valence-electron chi connectivity index (χ4n) is 1.56. The summed E-state index contributed by atoms with van der Waals surface area (Å²) in [4.78, 5) is 0. The van der Waals surface area contributed by atoms with E-state index in [1.165, 1.54) is 23.5 Å². The van der Waals surface area contributed by atoms with Crippen LogP contribution in [-0.2, 0) is 0 Å². The van der Waals surface area contributed by atoms with Crippen LogP contribution >= 0.6 is 34.7 Å². The van der Waals surface area contributed by atoms with Crippen molar-refractivity contribution in [3.63, 3.8) is 0 Å². The maximum Gasteiger partial charge on any atom is 0.0931 e. The fourth-order valence-corrected chi connectivity index (χ4v) is 3.35. The van der Waals surface area contributed by atoms with Gasteiger partial charge in [0.2, 0.25) is 0 Å². The smallest absolute Gasteiger partial charge is 0.0931 e. The van der Waals surface area contributed by atoms with Crippen molar-refractivity contribution in [2.45, 2.75) is 39.3 Å². The van der Waals surface area contributed by atoms with E-state index in [1.807, 2.05) is 11.8 Å². The lowest BCUT2D eigenvalue weighted by molar-refractivity contribution is 0.472. The van der Waals surface area contributed by atoms with Crippen LogP contribution in [0.4, 0.5) is 0 Å². The minimum atomic E-state index is 0.394. The van der Waals surface area contributed by atoms with Crippen LogP contribution < -0.4 is 5.32 Å². The van der Waals surface area contributed by atoms with Gasteiger partial charge in [0.05, 0.1) is 4.34 Å². The molecular weight excluding hydrogens is 258 g/mol. The zero-order chi connectivity index (χ0) is 12.0. The van der Waals surface area contributed by atoms with Crippen LogP contribution in [-0.4, -0.2) is 17.5 Å². The highest BCUT2D eigenvalue weighted by molar-refractivity contribution is 7.99. The molecule has 0 radical (unpaired) electrons. The van der Waals surface area contributed by atoms with Crippen molar-refractivity contribution in [1.82, 2.24) is 5.32 Å². The molecule has 1 heterocycles. The number of rotatable bonds is 7. The van der Waals surface area contributed by atoms with Crippen LogP contribution in [0.25, 0.3) is 0 Å². The van der Waals surface area contributed by atoms with Crippen molar-refractivity contribution in [2.24, 2.45) is 0 Å². The molecule has 1 nitrogen and oxygen atoms in total. The third-order valence-corrected chi connectivity index (χ3v) is 4.56. The van der Waals surface area contributed by atoms with E-state index in [-0.39, 0.29) is 0 Å². The van der Waals surface area contributed by atoms with Crippen LogP contribution in [0, 0.1) is 0 Å². The first-order valence-electron chi connectivity index (χ1n) is 5.71. The van der Waals surface area contributed by atoms with Gasteiger partial charge in [0.25, 0.3) is 0 Å². The standard InChI is InChI=1S/C12H20ClNS2/c1-4-15-6-5-9(2)14-10(3)11-7-12(13)16-8-11/h7-10,14H,4-6H2,1-3H3. The van der Waals surface area contributed by atoms with E-state index >= 15 is 0 Å². The van der Waals surface area contributed by atoms with Gasteiger partial charge in [-0.2, -0.15) is 11.8 Å². The number of hydrogen-bond acceptors (Lipinski definition) is 3. The lowest BCUT2D eigenvalue weighted by Crippen LogP contribution is -2.29. The molecule has 0 amide bonds. The molecule has 1 aromatic heterocycles. The molecule has 0 saturated carbocycles. The molecule has 0 bridgehead atoms. The summed E-state index contributed by atoms with van der Waals surface area (Å²) in [7, 11) is 0. The SMILES string of the molecule is CCSCCC(C)NC(C)c1csc(Cl)c1. The number of thioether (sulfide) groups is 1. The molecular formula is C12H20ClNS2. The maximum atomic E-state index is 5.93. The summed E-state index contributed by atoms with van der Waals surface area (Å²) >= 11 is 9.54. The van der Waals surface area contributed by atoms with E-state index in [0.29, 0.717) is 12.1 Å². The van der Waals surface area contributed by atoms with Crippen molar-refractivity contribution in [3.05, 3.63) is 21.3 Å². The Labute approximate surface area is 112 Å². The average Bonchev–Trinajstić information content (AvgIpc) is 2.65. The molecule has 92 valence electrons. The molecule has 0 aliphatic carbocycles. The lowest BCUT2D eigenvalue weighted by atomic mass is 10.1. The lowest BCUT2D eigenvalue weighted by Gasteiger charge is -2.19. The van der Waals surface area contributed by atoms with Crippen molar-refractivity contribution in [3.8, 4) is 0 Å². The minimum Gasteiger partial charge on any atom is -0.308 e. The fraction of sp³-hybridized carbons (Fsp3) is 0.667. The van der Waals surface area contributed by atoms with Gasteiger partial charge in [-0.15, -0.1) is 11.3 Å². The van der Waals surface area contributed by atoms with Gasteiger partial charge in [0.1, 0.15) is 0 Å². The molecule has 0 fully saturated rings. The molecule has 0 saturated heterocycles. The van der Waals surface area contributed by atoms with Crippen LogP contribution in [0.5, 0.6) is 0 Å². The molecule has 0 aliphatic rings. The highest BCUT2D eigenvalue weighted by Gasteiger charge is 2.10. The summed E-state index contributed by atoms with van der Waals surface area (Å²) in [5.74, 6) is 2.45. The third kappa shape index (κ3) is 5.09. The van der Waals surface area contributed by atoms with E-state index in [4.69, 9.17) is 11.6 Å². The first-order valence-corrected chi connectivity index (χ1v) is 8.12. The second kappa shape index (κ2) is 7.59.